The number of anilines is 2. The number of esters is 1. The van der Waals surface area contributed by atoms with Gasteiger partial charge < -0.3 is 24.6 Å². The topological polar surface area (TPSA) is 88.2 Å². The van der Waals surface area contributed by atoms with Crippen molar-refractivity contribution in [1.82, 2.24) is 4.90 Å². The number of nitrogens with zero attached hydrogens (tertiary/aromatic N) is 2. The number of fused-ring (bicyclic) bond motifs is 1. The van der Waals surface area contributed by atoms with Gasteiger partial charge in [-0.3, -0.25) is 4.79 Å². The van der Waals surface area contributed by atoms with E-state index in [4.69, 9.17) is 9.47 Å². The molecule has 1 unspecified atom stereocenters. The normalized spacial score (nSPS) is 17.8. The second-order valence-electron chi connectivity index (χ2n) is 9.66. The van der Waals surface area contributed by atoms with Crippen molar-refractivity contribution in [3.05, 3.63) is 59.2 Å². The smallest absolute Gasteiger partial charge is 0.410 e. The standard InChI is InChI=1S/C26H31N3O5/c1-17(30)27-22-8-6-5-7-18(22)15-23-20-10-9-19(16-21(20)24(31)33-23)28-11-13-29(14-12-28)25(32)34-26(2,3)4/h5-10,16,23H,11-15H2,1-4H3,(H,27,30). The SMILES string of the molecule is CC(=O)Nc1ccccc1CC1OC(=O)c2cc(N3CCN(C(=O)OC(C)(C)C)CC3)ccc21. The summed E-state index contributed by atoms with van der Waals surface area (Å²) < 4.78 is 11.2. The van der Waals surface area contributed by atoms with Crippen LogP contribution in [0.5, 0.6) is 0 Å². The largest absolute Gasteiger partial charge is 0.454 e. The fraction of sp³-hybridized carbons (Fsp3) is 0.423. The summed E-state index contributed by atoms with van der Waals surface area (Å²) in [6.07, 6.45) is -0.231. The van der Waals surface area contributed by atoms with Crippen molar-refractivity contribution in [3.8, 4) is 0 Å². The lowest BCUT2D eigenvalue weighted by Crippen LogP contribution is -2.50. The molecule has 0 saturated carbocycles. The van der Waals surface area contributed by atoms with Crippen LogP contribution in [0.25, 0.3) is 0 Å². The van der Waals surface area contributed by atoms with Gasteiger partial charge in [-0.15, -0.1) is 0 Å². The second-order valence-corrected chi connectivity index (χ2v) is 9.66. The Morgan fingerprint density at radius 1 is 1.09 bits per heavy atom. The number of nitrogens with one attached hydrogen (secondary N) is 1. The van der Waals surface area contributed by atoms with E-state index in [2.05, 4.69) is 10.2 Å². The van der Waals surface area contributed by atoms with Crippen LogP contribution < -0.4 is 10.2 Å². The Hall–Kier alpha value is -3.55. The number of hydrogen-bond donors (Lipinski definition) is 1. The number of cyclic esters (lactones) is 1. The van der Waals surface area contributed by atoms with E-state index in [0.29, 0.717) is 38.2 Å². The number of benzene rings is 2. The number of carbonyl (C=O) groups is 3. The first-order valence-corrected chi connectivity index (χ1v) is 11.5. The third-order valence-electron chi connectivity index (χ3n) is 5.88. The van der Waals surface area contributed by atoms with Gasteiger partial charge in [0.15, 0.2) is 0 Å². The number of piperazine rings is 1. The van der Waals surface area contributed by atoms with Gasteiger partial charge in [0, 0.05) is 56.5 Å². The van der Waals surface area contributed by atoms with E-state index in [1.807, 2.05) is 63.2 Å². The Morgan fingerprint density at radius 3 is 2.47 bits per heavy atom. The zero-order valence-corrected chi connectivity index (χ0v) is 20.1. The maximum absolute atomic E-state index is 12.7. The van der Waals surface area contributed by atoms with Crippen molar-refractivity contribution in [3.63, 3.8) is 0 Å². The van der Waals surface area contributed by atoms with Crippen molar-refractivity contribution >= 4 is 29.3 Å². The van der Waals surface area contributed by atoms with Crippen LogP contribution in [0.2, 0.25) is 0 Å². The fourth-order valence-electron chi connectivity index (χ4n) is 4.29. The van der Waals surface area contributed by atoms with E-state index in [1.54, 1.807) is 4.90 Å². The summed E-state index contributed by atoms with van der Waals surface area (Å²) in [5, 5.41) is 2.84. The van der Waals surface area contributed by atoms with Gasteiger partial charge in [-0.25, -0.2) is 9.59 Å². The first kappa shape index (κ1) is 23.6. The Labute approximate surface area is 199 Å². The lowest BCUT2D eigenvalue weighted by Gasteiger charge is -2.36. The third-order valence-corrected chi connectivity index (χ3v) is 5.88. The molecule has 2 aliphatic rings. The second kappa shape index (κ2) is 9.37. The molecule has 8 heteroatoms. The van der Waals surface area contributed by atoms with Crippen molar-refractivity contribution in [2.45, 2.75) is 45.8 Å². The summed E-state index contributed by atoms with van der Waals surface area (Å²) in [4.78, 5) is 40.4. The van der Waals surface area contributed by atoms with Crippen LogP contribution in [0.1, 0.15) is 55.3 Å². The van der Waals surface area contributed by atoms with E-state index >= 15 is 0 Å². The number of amides is 2. The molecule has 0 bridgehead atoms. The number of rotatable bonds is 4. The molecule has 2 heterocycles. The summed E-state index contributed by atoms with van der Waals surface area (Å²) in [6.45, 7) is 9.46. The minimum Gasteiger partial charge on any atom is -0.454 e. The molecule has 2 amide bonds. The van der Waals surface area contributed by atoms with Gasteiger partial charge in [0.25, 0.3) is 0 Å². The molecule has 0 radical (unpaired) electrons. The molecule has 2 aromatic carbocycles. The molecule has 0 aliphatic carbocycles. The van der Waals surface area contributed by atoms with Gasteiger partial charge in [0.05, 0.1) is 5.56 Å². The molecule has 180 valence electrons. The van der Waals surface area contributed by atoms with E-state index in [9.17, 15) is 14.4 Å². The molecule has 1 fully saturated rings. The minimum absolute atomic E-state index is 0.146. The number of hydrogen-bond acceptors (Lipinski definition) is 6. The van der Waals surface area contributed by atoms with Gasteiger partial charge in [0.1, 0.15) is 11.7 Å². The summed E-state index contributed by atoms with van der Waals surface area (Å²) in [5.41, 5.74) is 3.45. The fourth-order valence-corrected chi connectivity index (χ4v) is 4.29. The van der Waals surface area contributed by atoms with Gasteiger partial charge in [-0.05, 0) is 44.5 Å². The lowest BCUT2D eigenvalue weighted by molar-refractivity contribution is -0.114. The first-order chi connectivity index (χ1) is 16.1. The minimum atomic E-state index is -0.520. The molecular formula is C26H31N3O5. The molecule has 1 saturated heterocycles. The van der Waals surface area contributed by atoms with E-state index < -0.39 is 11.7 Å². The van der Waals surface area contributed by atoms with Crippen molar-refractivity contribution < 1.29 is 23.9 Å². The Kier molecular flexibility index (Phi) is 6.50. The molecule has 0 aromatic heterocycles. The van der Waals surface area contributed by atoms with E-state index in [0.717, 1.165) is 22.5 Å². The van der Waals surface area contributed by atoms with Crippen LogP contribution in [0.15, 0.2) is 42.5 Å². The van der Waals surface area contributed by atoms with Gasteiger partial charge in [-0.2, -0.15) is 0 Å². The first-order valence-electron chi connectivity index (χ1n) is 11.5. The van der Waals surface area contributed by atoms with Crippen LogP contribution in [-0.2, 0) is 20.7 Å². The quantitative estimate of drug-likeness (QED) is 0.683. The number of carbonyl (C=O) groups excluding carboxylic acids is 3. The third kappa shape index (κ3) is 5.32. The number of ether oxygens (including phenoxy) is 2. The zero-order valence-electron chi connectivity index (χ0n) is 20.1. The Bertz CT molecular complexity index is 1100. The average molecular weight is 466 g/mol. The highest BCUT2D eigenvalue weighted by Gasteiger charge is 2.33. The van der Waals surface area contributed by atoms with Gasteiger partial charge in [-0.1, -0.05) is 24.3 Å². The maximum atomic E-state index is 12.7. The lowest BCUT2D eigenvalue weighted by atomic mass is 9.97. The zero-order chi connectivity index (χ0) is 24.5. The highest BCUT2D eigenvalue weighted by Crippen LogP contribution is 2.37. The molecule has 1 N–H and O–H groups in total. The van der Waals surface area contributed by atoms with Crippen molar-refractivity contribution in [2.75, 3.05) is 36.4 Å². The summed E-state index contributed by atoms with van der Waals surface area (Å²) in [7, 11) is 0. The van der Waals surface area contributed by atoms with Crippen molar-refractivity contribution in [2.24, 2.45) is 0 Å². The van der Waals surface area contributed by atoms with Crippen LogP contribution in [-0.4, -0.2) is 54.6 Å². The predicted octanol–water partition coefficient (Wildman–Crippen LogP) is 4.16. The monoisotopic (exact) mass is 465 g/mol. The Balaban J connectivity index is 1.44. The summed E-state index contributed by atoms with van der Waals surface area (Å²) in [6, 6.07) is 13.3. The molecule has 1 atom stereocenters. The average Bonchev–Trinajstić information content (AvgIpc) is 3.08. The molecule has 2 aliphatic heterocycles. The summed E-state index contributed by atoms with van der Waals surface area (Å²) in [5.74, 6) is -0.487. The predicted molar refractivity (Wildman–Crippen MR) is 129 cm³/mol. The Morgan fingerprint density at radius 2 is 1.79 bits per heavy atom. The van der Waals surface area contributed by atoms with Crippen molar-refractivity contribution in [1.29, 1.82) is 0 Å². The van der Waals surface area contributed by atoms with E-state index in [1.165, 1.54) is 6.92 Å². The maximum Gasteiger partial charge on any atom is 0.410 e. The molecule has 2 aromatic rings. The molecular weight excluding hydrogens is 434 g/mol. The molecule has 34 heavy (non-hydrogen) atoms. The van der Waals surface area contributed by atoms with Crippen LogP contribution in [0.4, 0.5) is 16.2 Å². The molecule has 4 rings (SSSR count). The summed E-state index contributed by atoms with van der Waals surface area (Å²) >= 11 is 0. The van der Waals surface area contributed by atoms with Crippen LogP contribution in [0.3, 0.4) is 0 Å². The molecule has 0 spiro atoms. The highest BCUT2D eigenvalue weighted by molar-refractivity contribution is 5.95. The van der Waals surface area contributed by atoms with Crippen LogP contribution in [0, 0.1) is 0 Å². The molecule has 8 nitrogen and oxygen atoms in total. The van der Waals surface area contributed by atoms with Gasteiger partial charge >= 0.3 is 12.1 Å². The highest BCUT2D eigenvalue weighted by atomic mass is 16.6. The van der Waals surface area contributed by atoms with Gasteiger partial charge in [0.2, 0.25) is 5.91 Å². The van der Waals surface area contributed by atoms with E-state index in [-0.39, 0.29) is 18.0 Å². The van der Waals surface area contributed by atoms with Crippen LogP contribution >= 0.6 is 0 Å². The number of para-hydroxylation sites is 1.